The van der Waals surface area contributed by atoms with Gasteiger partial charge in [0.2, 0.25) is 5.89 Å². The monoisotopic (exact) mass is 321 g/mol. The van der Waals surface area contributed by atoms with Gasteiger partial charge in [-0.3, -0.25) is 14.6 Å². The Labute approximate surface area is 140 Å². The molecule has 0 atom stereocenters. The predicted molar refractivity (Wildman–Crippen MR) is 88.1 cm³/mol. The van der Waals surface area contributed by atoms with Gasteiger partial charge in [-0.05, 0) is 37.0 Å². The van der Waals surface area contributed by atoms with E-state index in [1.165, 1.54) is 35.5 Å². The van der Waals surface area contributed by atoms with E-state index in [2.05, 4.69) is 37.9 Å². The highest BCUT2D eigenvalue weighted by Crippen LogP contribution is 2.23. The summed E-state index contributed by atoms with van der Waals surface area (Å²) in [5.74, 6) is 0.587. The van der Waals surface area contributed by atoms with Crippen LogP contribution in [-0.2, 0) is 32.5 Å². The van der Waals surface area contributed by atoms with Gasteiger partial charge in [-0.15, -0.1) is 0 Å². The lowest BCUT2D eigenvalue weighted by atomic mass is 10.2. The fourth-order valence-electron chi connectivity index (χ4n) is 3.69. The van der Waals surface area contributed by atoms with Crippen LogP contribution in [0.25, 0.3) is 11.6 Å². The van der Waals surface area contributed by atoms with Crippen LogP contribution in [0, 0.1) is 0 Å². The van der Waals surface area contributed by atoms with Crippen LogP contribution in [0.1, 0.15) is 29.1 Å². The summed E-state index contributed by atoms with van der Waals surface area (Å²) in [5, 5.41) is 4.60. The van der Waals surface area contributed by atoms with Crippen molar-refractivity contribution < 1.29 is 4.42 Å². The van der Waals surface area contributed by atoms with Crippen molar-refractivity contribution in [3.05, 3.63) is 53.3 Å². The van der Waals surface area contributed by atoms with Gasteiger partial charge in [0.05, 0.1) is 24.1 Å². The van der Waals surface area contributed by atoms with Crippen LogP contribution in [0.3, 0.4) is 0 Å². The summed E-state index contributed by atoms with van der Waals surface area (Å²) in [6, 6.07) is 6.53. The van der Waals surface area contributed by atoms with E-state index >= 15 is 0 Å². The Morgan fingerprint density at radius 2 is 2.17 bits per heavy atom. The number of hydrogen-bond donors (Lipinski definition) is 0. The quantitative estimate of drug-likeness (QED) is 0.741. The fourth-order valence-corrected chi connectivity index (χ4v) is 3.69. The first kappa shape index (κ1) is 13.9. The summed E-state index contributed by atoms with van der Waals surface area (Å²) in [7, 11) is 0. The minimum absolute atomic E-state index is 0.587. The van der Waals surface area contributed by atoms with Gasteiger partial charge >= 0.3 is 0 Å². The van der Waals surface area contributed by atoms with E-state index in [1.54, 1.807) is 12.5 Å². The lowest BCUT2D eigenvalue weighted by Crippen LogP contribution is -2.33. The predicted octanol–water partition coefficient (Wildman–Crippen LogP) is 2.44. The van der Waals surface area contributed by atoms with E-state index in [1.807, 2.05) is 0 Å². The Kier molecular flexibility index (Phi) is 3.23. The molecule has 6 heteroatoms. The zero-order valence-electron chi connectivity index (χ0n) is 13.5. The van der Waals surface area contributed by atoms with Crippen molar-refractivity contribution >= 4 is 0 Å². The minimum Gasteiger partial charge on any atom is -0.443 e. The molecule has 4 heterocycles. The molecule has 0 amide bonds. The zero-order chi connectivity index (χ0) is 15.9. The van der Waals surface area contributed by atoms with Gasteiger partial charge in [-0.2, -0.15) is 5.10 Å². The summed E-state index contributed by atoms with van der Waals surface area (Å²) in [6.07, 6.45) is 6.81. The Morgan fingerprint density at radius 1 is 1.17 bits per heavy atom. The molecule has 0 saturated carbocycles. The second kappa shape index (κ2) is 5.56. The van der Waals surface area contributed by atoms with Crippen LogP contribution in [0.5, 0.6) is 0 Å². The van der Waals surface area contributed by atoms with Gasteiger partial charge in [-0.25, -0.2) is 4.98 Å². The van der Waals surface area contributed by atoms with Crippen LogP contribution >= 0.6 is 0 Å². The third kappa shape index (κ3) is 2.43. The van der Waals surface area contributed by atoms with Gasteiger partial charge in [0.25, 0.3) is 0 Å². The molecule has 0 bridgehead atoms. The standard InChI is InChI=1S/C18H19N5O/c1-2-13-4-5-14(20-16(13)3-1)11-22-7-8-23-15(12-22)10-17(21-23)18-19-6-9-24-18/h4-6,9-10H,1-3,7-8,11-12H2. The molecule has 0 aromatic carbocycles. The number of aromatic nitrogens is 4. The lowest BCUT2D eigenvalue weighted by Gasteiger charge is -2.27. The molecule has 0 fully saturated rings. The number of aryl methyl sites for hydroxylation is 2. The maximum absolute atomic E-state index is 5.35. The molecule has 5 rings (SSSR count). The Morgan fingerprint density at radius 3 is 3.08 bits per heavy atom. The number of rotatable bonds is 3. The van der Waals surface area contributed by atoms with Gasteiger partial charge in [0.15, 0.2) is 0 Å². The number of hydrogen-bond acceptors (Lipinski definition) is 5. The van der Waals surface area contributed by atoms with Crippen LogP contribution < -0.4 is 0 Å². The topological polar surface area (TPSA) is 60.0 Å². The highest BCUT2D eigenvalue weighted by Gasteiger charge is 2.21. The van der Waals surface area contributed by atoms with Crippen molar-refractivity contribution in [2.24, 2.45) is 0 Å². The maximum Gasteiger partial charge on any atom is 0.246 e. The third-order valence-electron chi connectivity index (χ3n) is 4.90. The molecular weight excluding hydrogens is 302 g/mol. The number of fused-ring (bicyclic) bond motifs is 2. The van der Waals surface area contributed by atoms with Crippen molar-refractivity contribution in [2.75, 3.05) is 6.54 Å². The summed E-state index contributed by atoms with van der Waals surface area (Å²) in [5.41, 5.74) is 5.94. The molecule has 0 N–H and O–H groups in total. The normalized spacial score (nSPS) is 17.0. The van der Waals surface area contributed by atoms with Crippen molar-refractivity contribution in [2.45, 2.75) is 38.9 Å². The van der Waals surface area contributed by atoms with Crippen molar-refractivity contribution in [3.8, 4) is 11.6 Å². The second-order valence-corrected chi connectivity index (χ2v) is 6.55. The number of pyridine rings is 1. The highest BCUT2D eigenvalue weighted by atomic mass is 16.3. The van der Waals surface area contributed by atoms with Crippen LogP contribution in [0.15, 0.2) is 35.1 Å². The van der Waals surface area contributed by atoms with Gasteiger partial charge in [0.1, 0.15) is 12.0 Å². The zero-order valence-corrected chi connectivity index (χ0v) is 13.5. The fraction of sp³-hybridized carbons (Fsp3) is 0.389. The average molecular weight is 321 g/mol. The highest BCUT2D eigenvalue weighted by molar-refractivity contribution is 5.47. The van der Waals surface area contributed by atoms with E-state index in [0.717, 1.165) is 38.3 Å². The third-order valence-corrected chi connectivity index (χ3v) is 4.90. The molecule has 24 heavy (non-hydrogen) atoms. The first-order chi connectivity index (χ1) is 11.8. The second-order valence-electron chi connectivity index (χ2n) is 6.55. The van der Waals surface area contributed by atoms with E-state index in [0.29, 0.717) is 5.89 Å². The largest absolute Gasteiger partial charge is 0.443 e. The van der Waals surface area contributed by atoms with Crippen LogP contribution in [0.4, 0.5) is 0 Å². The first-order valence-corrected chi connectivity index (χ1v) is 8.52. The molecule has 1 aliphatic heterocycles. The Balaban J connectivity index is 1.33. The van der Waals surface area contributed by atoms with E-state index in [-0.39, 0.29) is 0 Å². The smallest absolute Gasteiger partial charge is 0.246 e. The molecule has 122 valence electrons. The molecule has 3 aromatic heterocycles. The Hall–Kier alpha value is -2.47. The maximum atomic E-state index is 5.35. The summed E-state index contributed by atoms with van der Waals surface area (Å²) in [6.45, 7) is 3.65. The molecule has 0 saturated heterocycles. The molecule has 6 nitrogen and oxygen atoms in total. The van der Waals surface area contributed by atoms with Gasteiger partial charge in [0, 0.05) is 25.3 Å². The van der Waals surface area contributed by atoms with Crippen LogP contribution in [-0.4, -0.2) is 31.2 Å². The average Bonchev–Trinajstić information content (AvgIpc) is 3.33. The van der Waals surface area contributed by atoms with E-state index in [9.17, 15) is 0 Å². The molecule has 0 radical (unpaired) electrons. The minimum atomic E-state index is 0.587. The summed E-state index contributed by atoms with van der Waals surface area (Å²) < 4.78 is 7.41. The van der Waals surface area contributed by atoms with Gasteiger partial charge in [-0.1, -0.05) is 6.07 Å². The SMILES string of the molecule is c1coc(-c2cc3n(n2)CCN(Cc2ccc4c(n2)CCC4)C3)n1. The van der Waals surface area contributed by atoms with Gasteiger partial charge < -0.3 is 4.42 Å². The lowest BCUT2D eigenvalue weighted by molar-refractivity contribution is 0.203. The van der Waals surface area contributed by atoms with E-state index < -0.39 is 0 Å². The van der Waals surface area contributed by atoms with E-state index in [4.69, 9.17) is 9.40 Å². The van der Waals surface area contributed by atoms with Crippen molar-refractivity contribution in [1.82, 2.24) is 24.6 Å². The Bertz CT molecular complexity index is 868. The molecule has 2 aliphatic rings. The number of nitrogens with zero attached hydrogens (tertiary/aromatic N) is 5. The summed E-state index contributed by atoms with van der Waals surface area (Å²) in [4.78, 5) is 11.5. The molecular formula is C18H19N5O. The molecule has 1 aliphatic carbocycles. The first-order valence-electron chi connectivity index (χ1n) is 8.52. The van der Waals surface area contributed by atoms with Crippen molar-refractivity contribution in [3.63, 3.8) is 0 Å². The molecule has 0 unspecified atom stereocenters. The van der Waals surface area contributed by atoms with Crippen molar-refractivity contribution in [1.29, 1.82) is 0 Å². The number of oxazole rings is 1. The molecule has 3 aromatic rings. The molecule has 0 spiro atoms. The summed E-state index contributed by atoms with van der Waals surface area (Å²) >= 11 is 0. The van der Waals surface area contributed by atoms with Crippen LogP contribution in [0.2, 0.25) is 0 Å².